The van der Waals surface area contributed by atoms with Crippen molar-refractivity contribution in [2.75, 3.05) is 50.6 Å². The molecule has 7 heteroatoms. The lowest BCUT2D eigenvalue weighted by molar-refractivity contribution is -0.121. The highest BCUT2D eigenvalue weighted by Crippen LogP contribution is 2.42. The van der Waals surface area contributed by atoms with E-state index >= 15 is 0 Å². The summed E-state index contributed by atoms with van der Waals surface area (Å²) >= 11 is 0. The first kappa shape index (κ1) is 17.9. The van der Waals surface area contributed by atoms with Crippen LogP contribution in [0.2, 0.25) is 0 Å². The van der Waals surface area contributed by atoms with Crippen molar-refractivity contribution in [1.82, 2.24) is 20.6 Å². The van der Waals surface area contributed by atoms with Crippen LogP contribution in [0.3, 0.4) is 0 Å². The molecule has 1 aromatic heterocycles. The quantitative estimate of drug-likeness (QED) is 0.755. The molecule has 138 valence electrons. The lowest BCUT2D eigenvalue weighted by Gasteiger charge is -2.21. The van der Waals surface area contributed by atoms with Crippen molar-refractivity contribution >= 4 is 17.7 Å². The predicted molar refractivity (Wildman–Crippen MR) is 100 cm³/mol. The molecule has 1 aromatic rings. The number of carbonyl (C=O) groups excluding carboxylic acids is 1. The zero-order valence-corrected chi connectivity index (χ0v) is 15.7. The fourth-order valence-electron chi connectivity index (χ4n) is 3.60. The molecule has 1 aliphatic carbocycles. The monoisotopic (exact) mass is 346 g/mol. The first-order valence-electron chi connectivity index (χ1n) is 9.26. The van der Waals surface area contributed by atoms with Gasteiger partial charge in [0, 0.05) is 44.9 Å². The summed E-state index contributed by atoms with van der Waals surface area (Å²) in [5.41, 5.74) is 1.05. The van der Waals surface area contributed by atoms with Gasteiger partial charge in [0.1, 0.15) is 5.82 Å². The fourth-order valence-corrected chi connectivity index (χ4v) is 3.60. The molecule has 1 amide bonds. The van der Waals surface area contributed by atoms with Crippen molar-refractivity contribution in [2.24, 2.45) is 11.8 Å². The van der Waals surface area contributed by atoms with Gasteiger partial charge in [-0.15, -0.1) is 0 Å². The smallest absolute Gasteiger partial charge is 0.234 e. The molecule has 25 heavy (non-hydrogen) atoms. The average molecular weight is 346 g/mol. The number of hydrogen-bond donors (Lipinski definition) is 2. The van der Waals surface area contributed by atoms with Crippen molar-refractivity contribution in [2.45, 2.75) is 32.2 Å². The number of likely N-dealkylation sites (N-methyl/N-ethyl adjacent to an activating group) is 1. The number of anilines is 2. The van der Waals surface area contributed by atoms with Gasteiger partial charge in [0.2, 0.25) is 11.9 Å². The summed E-state index contributed by atoms with van der Waals surface area (Å²) in [6.45, 7) is 4.27. The highest BCUT2D eigenvalue weighted by Gasteiger charge is 2.43. The van der Waals surface area contributed by atoms with Gasteiger partial charge in [0.15, 0.2) is 0 Å². The van der Waals surface area contributed by atoms with E-state index in [1.54, 1.807) is 7.05 Å². The van der Waals surface area contributed by atoms with Crippen LogP contribution < -0.4 is 20.4 Å². The third-order valence-electron chi connectivity index (χ3n) is 5.12. The minimum atomic E-state index is 0.0749. The van der Waals surface area contributed by atoms with Crippen molar-refractivity contribution in [1.29, 1.82) is 0 Å². The Bertz CT molecular complexity index is 616. The van der Waals surface area contributed by atoms with Crippen LogP contribution in [0, 0.1) is 11.8 Å². The van der Waals surface area contributed by atoms with E-state index in [4.69, 9.17) is 4.98 Å². The molecule has 2 heterocycles. The number of nitrogens with zero attached hydrogens (tertiary/aromatic N) is 4. The Morgan fingerprint density at radius 3 is 2.68 bits per heavy atom. The molecule has 0 unspecified atom stereocenters. The average Bonchev–Trinajstić information content (AvgIpc) is 3.35. The van der Waals surface area contributed by atoms with Crippen LogP contribution >= 0.6 is 0 Å². The van der Waals surface area contributed by atoms with E-state index in [1.807, 2.05) is 19.0 Å². The largest absolute Gasteiger partial charge is 0.354 e. The molecule has 0 bridgehead atoms. The summed E-state index contributed by atoms with van der Waals surface area (Å²) in [7, 11) is 5.74. The Kier molecular flexibility index (Phi) is 5.42. The van der Waals surface area contributed by atoms with Gasteiger partial charge in [-0.2, -0.15) is 4.98 Å². The topological polar surface area (TPSA) is 73.4 Å². The van der Waals surface area contributed by atoms with E-state index in [-0.39, 0.29) is 11.9 Å². The number of carbonyl (C=O) groups is 1. The number of amides is 1. The van der Waals surface area contributed by atoms with Gasteiger partial charge in [0.25, 0.3) is 0 Å². The van der Waals surface area contributed by atoms with E-state index in [0.29, 0.717) is 12.5 Å². The molecule has 3 rings (SSSR count). The summed E-state index contributed by atoms with van der Waals surface area (Å²) in [6, 6.07) is 2.30. The molecule has 2 N–H and O–H groups in total. The Balaban J connectivity index is 1.78. The minimum Gasteiger partial charge on any atom is -0.354 e. The van der Waals surface area contributed by atoms with E-state index in [0.717, 1.165) is 42.9 Å². The Hall–Kier alpha value is -1.89. The van der Waals surface area contributed by atoms with Crippen LogP contribution in [0.4, 0.5) is 11.8 Å². The molecule has 7 nitrogen and oxygen atoms in total. The Morgan fingerprint density at radius 2 is 2.08 bits per heavy atom. The molecule has 2 atom stereocenters. The third kappa shape index (κ3) is 4.21. The van der Waals surface area contributed by atoms with Gasteiger partial charge < -0.3 is 20.4 Å². The van der Waals surface area contributed by atoms with E-state index < -0.39 is 0 Å². The Labute approximate surface area is 150 Å². The molecular weight excluding hydrogens is 316 g/mol. The zero-order valence-electron chi connectivity index (χ0n) is 15.7. The van der Waals surface area contributed by atoms with E-state index in [9.17, 15) is 4.79 Å². The van der Waals surface area contributed by atoms with Gasteiger partial charge in [-0.3, -0.25) is 4.79 Å². The summed E-state index contributed by atoms with van der Waals surface area (Å²) in [6.07, 6.45) is 3.45. The van der Waals surface area contributed by atoms with Gasteiger partial charge in [-0.1, -0.05) is 6.92 Å². The molecular formula is C18H30N6O. The zero-order chi connectivity index (χ0) is 18.0. The third-order valence-corrected chi connectivity index (χ3v) is 5.12. The molecule has 1 saturated carbocycles. The normalized spacial score (nSPS) is 23.0. The number of aryl methyl sites for hydroxylation is 1. The number of nitrogens with one attached hydrogen (secondary N) is 2. The molecule has 0 radical (unpaired) electrons. The van der Waals surface area contributed by atoms with Crippen LogP contribution in [0.25, 0.3) is 0 Å². The molecule has 0 spiro atoms. The molecule has 2 fully saturated rings. The highest BCUT2D eigenvalue weighted by molar-refractivity contribution is 5.78. The molecule has 1 aliphatic heterocycles. The lowest BCUT2D eigenvalue weighted by atomic mass is 9.98. The molecule has 0 aromatic carbocycles. The van der Waals surface area contributed by atoms with Crippen molar-refractivity contribution in [3.05, 3.63) is 11.8 Å². The van der Waals surface area contributed by atoms with Crippen LogP contribution in [-0.4, -0.2) is 62.7 Å². The van der Waals surface area contributed by atoms with Gasteiger partial charge in [-0.25, -0.2) is 4.98 Å². The Morgan fingerprint density at radius 1 is 1.32 bits per heavy atom. The summed E-state index contributed by atoms with van der Waals surface area (Å²) < 4.78 is 0. The number of rotatable bonds is 7. The standard InChI is InChI=1S/C18H30N6O/c1-5-13-8-16(22-18(20-13)23(3)4)24-10-14(12-6-7-12)15(11-24)21-17(25)9-19-2/h8,12,14-15,19H,5-7,9-11H2,1-4H3,(H,21,25)/t14-,15+/m1/s1. The van der Waals surface area contributed by atoms with E-state index in [2.05, 4.69) is 33.5 Å². The van der Waals surface area contributed by atoms with Crippen LogP contribution in [0.5, 0.6) is 0 Å². The first-order chi connectivity index (χ1) is 12.0. The maximum atomic E-state index is 12.1. The van der Waals surface area contributed by atoms with Gasteiger partial charge in [-0.05, 0) is 32.2 Å². The second-order valence-electron chi connectivity index (χ2n) is 7.38. The predicted octanol–water partition coefficient (Wildman–Crippen LogP) is 0.655. The van der Waals surface area contributed by atoms with Crippen molar-refractivity contribution in [3.63, 3.8) is 0 Å². The first-order valence-corrected chi connectivity index (χ1v) is 9.26. The maximum Gasteiger partial charge on any atom is 0.234 e. The number of hydrogen-bond acceptors (Lipinski definition) is 6. The highest BCUT2D eigenvalue weighted by atomic mass is 16.2. The van der Waals surface area contributed by atoms with Crippen molar-refractivity contribution in [3.8, 4) is 0 Å². The second kappa shape index (κ2) is 7.56. The molecule has 1 saturated heterocycles. The van der Waals surface area contributed by atoms with Crippen LogP contribution in [0.15, 0.2) is 6.07 Å². The van der Waals surface area contributed by atoms with Crippen LogP contribution in [-0.2, 0) is 11.2 Å². The molecule has 2 aliphatic rings. The van der Waals surface area contributed by atoms with Crippen molar-refractivity contribution < 1.29 is 4.79 Å². The van der Waals surface area contributed by atoms with Crippen LogP contribution in [0.1, 0.15) is 25.5 Å². The number of aromatic nitrogens is 2. The fraction of sp³-hybridized carbons (Fsp3) is 0.722. The minimum absolute atomic E-state index is 0.0749. The van der Waals surface area contributed by atoms with E-state index in [1.165, 1.54) is 12.8 Å². The SMILES string of the molecule is CCc1cc(N2C[C@H](NC(=O)CNC)[C@@H](C3CC3)C2)nc(N(C)C)n1. The lowest BCUT2D eigenvalue weighted by Crippen LogP contribution is -2.44. The summed E-state index contributed by atoms with van der Waals surface area (Å²) in [4.78, 5) is 25.7. The summed E-state index contributed by atoms with van der Waals surface area (Å²) in [5, 5.41) is 6.15. The maximum absolute atomic E-state index is 12.1. The summed E-state index contributed by atoms with van der Waals surface area (Å²) in [5.74, 6) is 3.06. The second-order valence-corrected chi connectivity index (χ2v) is 7.38. The van der Waals surface area contributed by atoms with Gasteiger partial charge in [0.05, 0.1) is 12.6 Å². The van der Waals surface area contributed by atoms with Gasteiger partial charge >= 0.3 is 0 Å².